The van der Waals surface area contributed by atoms with Gasteiger partial charge in [-0.2, -0.15) is 0 Å². The number of carbonyl (C=O) groups is 1. The molecule has 1 amide bonds. The van der Waals surface area contributed by atoms with Crippen molar-refractivity contribution < 1.29 is 9.21 Å². The van der Waals surface area contributed by atoms with E-state index in [1.165, 1.54) is 23.9 Å². The summed E-state index contributed by atoms with van der Waals surface area (Å²) in [6.07, 6.45) is 3.15. The summed E-state index contributed by atoms with van der Waals surface area (Å²) in [5.74, 6) is -0.256. The van der Waals surface area contributed by atoms with E-state index in [0.717, 1.165) is 32.2 Å². The van der Waals surface area contributed by atoms with Crippen LogP contribution in [0.3, 0.4) is 0 Å². The van der Waals surface area contributed by atoms with Crippen molar-refractivity contribution >= 4 is 33.6 Å². The van der Waals surface area contributed by atoms with Crippen LogP contribution in [-0.2, 0) is 25.3 Å². The summed E-state index contributed by atoms with van der Waals surface area (Å²) < 4.78 is 7.89. The van der Waals surface area contributed by atoms with Gasteiger partial charge in [-0.3, -0.25) is 18.7 Å². The van der Waals surface area contributed by atoms with E-state index in [4.69, 9.17) is 4.42 Å². The summed E-state index contributed by atoms with van der Waals surface area (Å²) in [6, 6.07) is 5.50. The van der Waals surface area contributed by atoms with Crippen molar-refractivity contribution in [3.63, 3.8) is 0 Å². The molecule has 3 heterocycles. The van der Waals surface area contributed by atoms with Gasteiger partial charge in [-0.05, 0) is 43.2 Å². The molecule has 0 saturated carbocycles. The number of furan rings is 1. The third kappa shape index (κ3) is 3.12. The van der Waals surface area contributed by atoms with Crippen molar-refractivity contribution in [3.8, 4) is 0 Å². The maximum Gasteiger partial charge on any atom is 0.332 e. The molecule has 148 valence electrons. The zero-order chi connectivity index (χ0) is 20.9. The summed E-state index contributed by atoms with van der Waals surface area (Å²) in [4.78, 5) is 41.1. The number of aryl methyl sites for hydroxylation is 3. The van der Waals surface area contributed by atoms with Crippen LogP contribution >= 0.6 is 0 Å². The fourth-order valence-corrected chi connectivity index (χ4v) is 3.38. The van der Waals surface area contributed by atoms with Crippen LogP contribution in [-0.4, -0.2) is 20.0 Å². The number of hydrogen-bond donors (Lipinski definition) is 1. The molecule has 0 aliphatic carbocycles. The van der Waals surface area contributed by atoms with Gasteiger partial charge < -0.3 is 9.73 Å². The molecule has 0 atom stereocenters. The molecule has 0 aliphatic heterocycles. The lowest BCUT2D eigenvalue weighted by Crippen LogP contribution is -2.37. The number of rotatable bonds is 3. The monoisotopic (exact) mass is 392 g/mol. The molecule has 29 heavy (non-hydrogen) atoms. The second-order valence-corrected chi connectivity index (χ2v) is 7.22. The highest BCUT2D eigenvalue weighted by atomic mass is 16.3. The number of amides is 1. The van der Waals surface area contributed by atoms with Crippen molar-refractivity contribution in [2.45, 2.75) is 20.3 Å². The molecule has 0 aliphatic rings. The van der Waals surface area contributed by atoms with Crippen LogP contribution in [0.1, 0.15) is 16.7 Å². The number of pyridine rings is 1. The summed E-state index contributed by atoms with van der Waals surface area (Å²) in [7, 11) is 2.95. The van der Waals surface area contributed by atoms with Crippen LogP contribution in [0.25, 0.3) is 22.0 Å². The van der Waals surface area contributed by atoms with Crippen molar-refractivity contribution in [1.82, 2.24) is 14.1 Å². The first-order valence-electron chi connectivity index (χ1n) is 9.09. The molecule has 1 N–H and O–H groups in total. The number of nitrogens with zero attached hydrogens (tertiary/aromatic N) is 3. The van der Waals surface area contributed by atoms with Gasteiger partial charge >= 0.3 is 5.69 Å². The zero-order valence-corrected chi connectivity index (χ0v) is 16.6. The van der Waals surface area contributed by atoms with Gasteiger partial charge in [-0.25, -0.2) is 9.78 Å². The minimum absolute atomic E-state index is 0.124. The van der Waals surface area contributed by atoms with E-state index >= 15 is 0 Å². The van der Waals surface area contributed by atoms with Gasteiger partial charge in [0.05, 0.1) is 30.0 Å². The normalized spacial score (nSPS) is 11.3. The first kappa shape index (κ1) is 18.7. The van der Waals surface area contributed by atoms with Crippen molar-refractivity contribution in [3.05, 3.63) is 68.2 Å². The van der Waals surface area contributed by atoms with Gasteiger partial charge in [0.2, 0.25) is 5.91 Å². The fourth-order valence-electron chi connectivity index (χ4n) is 3.38. The lowest BCUT2D eigenvalue weighted by atomic mass is 10.0. The second-order valence-electron chi connectivity index (χ2n) is 7.22. The van der Waals surface area contributed by atoms with Crippen molar-refractivity contribution in [2.24, 2.45) is 14.1 Å². The third-order valence-electron chi connectivity index (χ3n) is 5.20. The predicted molar refractivity (Wildman–Crippen MR) is 110 cm³/mol. The Balaban J connectivity index is 1.64. The van der Waals surface area contributed by atoms with E-state index in [1.54, 1.807) is 13.3 Å². The summed E-state index contributed by atoms with van der Waals surface area (Å²) in [5.41, 5.74) is 3.52. The highest BCUT2D eigenvalue weighted by Gasteiger charge is 2.14. The second kappa shape index (κ2) is 6.73. The van der Waals surface area contributed by atoms with Gasteiger partial charge in [-0.1, -0.05) is 0 Å². The lowest BCUT2D eigenvalue weighted by molar-refractivity contribution is -0.115. The number of nitrogens with one attached hydrogen (secondary N) is 1. The van der Waals surface area contributed by atoms with Crippen LogP contribution in [0, 0.1) is 13.8 Å². The highest BCUT2D eigenvalue weighted by Crippen LogP contribution is 2.25. The Labute approximate surface area is 165 Å². The number of benzene rings is 1. The molecule has 4 aromatic rings. The van der Waals surface area contributed by atoms with Crippen molar-refractivity contribution in [1.29, 1.82) is 0 Å². The van der Waals surface area contributed by atoms with Crippen LogP contribution in [0.15, 0.2) is 44.7 Å². The number of aromatic nitrogens is 3. The van der Waals surface area contributed by atoms with Crippen LogP contribution < -0.4 is 16.6 Å². The first-order valence-corrected chi connectivity index (χ1v) is 9.09. The Kier molecular flexibility index (Phi) is 4.34. The fraction of sp³-hybridized carbons (Fsp3) is 0.238. The molecule has 0 saturated heterocycles. The Morgan fingerprint density at radius 1 is 1.07 bits per heavy atom. The van der Waals surface area contributed by atoms with Gasteiger partial charge in [0, 0.05) is 25.0 Å². The maximum absolute atomic E-state index is 12.6. The highest BCUT2D eigenvalue weighted by molar-refractivity contribution is 5.96. The molecular formula is C21H20N4O4. The van der Waals surface area contributed by atoms with E-state index in [0.29, 0.717) is 5.69 Å². The Morgan fingerprint density at radius 2 is 1.79 bits per heavy atom. The topological polar surface area (TPSA) is 99.1 Å². The smallest absolute Gasteiger partial charge is 0.332 e. The molecule has 0 unspecified atom stereocenters. The largest absolute Gasteiger partial charge is 0.464 e. The summed E-state index contributed by atoms with van der Waals surface area (Å²) in [6.45, 7) is 4.02. The van der Waals surface area contributed by atoms with E-state index in [1.807, 2.05) is 26.0 Å². The van der Waals surface area contributed by atoms with Gasteiger partial charge in [0.1, 0.15) is 11.2 Å². The number of carbonyl (C=O) groups excluding carboxylic acids is 1. The van der Waals surface area contributed by atoms with E-state index in [9.17, 15) is 14.4 Å². The third-order valence-corrected chi connectivity index (χ3v) is 5.20. The van der Waals surface area contributed by atoms with E-state index in [2.05, 4.69) is 10.3 Å². The minimum Gasteiger partial charge on any atom is -0.464 e. The molecule has 8 heteroatoms. The molecule has 0 fully saturated rings. The molecule has 0 spiro atoms. The van der Waals surface area contributed by atoms with Gasteiger partial charge in [-0.15, -0.1) is 0 Å². The SMILES string of the molecule is Cc1cc2occ(CC(=O)Nc3cnc4c(c3)c(=O)n(C)c(=O)n4C)c2cc1C. The average Bonchev–Trinajstić information content (AvgIpc) is 3.06. The standard InChI is InChI=1S/C21H20N4O4/c1-11-5-15-13(10-29-17(15)6-12(11)2)7-18(26)23-14-8-16-19(22-9-14)24(3)21(28)25(4)20(16)27/h5-6,8-10H,7H2,1-4H3,(H,23,26). The van der Waals surface area contributed by atoms with Gasteiger partial charge in [0.25, 0.3) is 5.56 Å². The number of hydrogen-bond acceptors (Lipinski definition) is 5. The van der Waals surface area contributed by atoms with Crippen LogP contribution in [0.4, 0.5) is 5.69 Å². The molecular weight excluding hydrogens is 372 g/mol. The predicted octanol–water partition coefficient (Wildman–Crippen LogP) is 2.18. The molecule has 3 aromatic heterocycles. The molecule has 8 nitrogen and oxygen atoms in total. The molecule has 0 radical (unpaired) electrons. The first-order chi connectivity index (χ1) is 13.8. The summed E-state index contributed by atoms with van der Waals surface area (Å²) >= 11 is 0. The number of anilines is 1. The zero-order valence-electron chi connectivity index (χ0n) is 16.6. The Bertz CT molecular complexity index is 1410. The maximum atomic E-state index is 12.6. The number of fused-ring (bicyclic) bond motifs is 2. The average molecular weight is 392 g/mol. The van der Waals surface area contributed by atoms with Crippen LogP contribution in [0.2, 0.25) is 0 Å². The molecule has 0 bridgehead atoms. The Hall–Kier alpha value is -3.68. The lowest BCUT2D eigenvalue weighted by Gasteiger charge is -2.09. The quantitative estimate of drug-likeness (QED) is 0.576. The van der Waals surface area contributed by atoms with E-state index < -0.39 is 11.2 Å². The minimum atomic E-state index is -0.460. The van der Waals surface area contributed by atoms with Gasteiger partial charge in [0.15, 0.2) is 0 Å². The molecule has 4 rings (SSSR count). The summed E-state index contributed by atoms with van der Waals surface area (Å²) in [5, 5.41) is 3.93. The molecule has 1 aromatic carbocycles. The van der Waals surface area contributed by atoms with Crippen molar-refractivity contribution in [2.75, 3.05) is 5.32 Å². The Morgan fingerprint density at radius 3 is 2.55 bits per heavy atom. The van der Waals surface area contributed by atoms with Crippen LogP contribution in [0.5, 0.6) is 0 Å². The van der Waals surface area contributed by atoms with E-state index in [-0.39, 0.29) is 23.4 Å².